The largest absolute Gasteiger partial charge is 0.497 e. The summed E-state index contributed by atoms with van der Waals surface area (Å²) in [5, 5.41) is 6.87. The molecular weight excluding hydrogens is 365 g/mol. The number of halogens is 2. The van der Waals surface area contributed by atoms with Crippen molar-refractivity contribution >= 4 is 41.2 Å². The third kappa shape index (κ3) is 5.48. The van der Waals surface area contributed by atoms with E-state index in [1.807, 2.05) is 0 Å². The number of carbonyl (C=O) groups is 2. The fourth-order valence-corrected chi connectivity index (χ4v) is 2.19. The molecule has 0 fully saturated rings. The topological polar surface area (TPSA) is 79.8 Å². The lowest BCUT2D eigenvalue weighted by atomic mass is 10.2. The fourth-order valence-electron chi connectivity index (χ4n) is 1.84. The van der Waals surface area contributed by atoms with Gasteiger partial charge >= 0.3 is 11.8 Å². The maximum absolute atomic E-state index is 11.7. The zero-order valence-corrected chi connectivity index (χ0v) is 14.8. The lowest BCUT2D eigenvalue weighted by Crippen LogP contribution is -2.37. The monoisotopic (exact) mass is 379 g/mol. The van der Waals surface area contributed by atoms with E-state index in [2.05, 4.69) is 15.8 Å². The first-order valence-corrected chi connectivity index (χ1v) is 7.95. The van der Waals surface area contributed by atoms with Crippen LogP contribution in [0.4, 0.5) is 0 Å². The van der Waals surface area contributed by atoms with Crippen LogP contribution in [-0.4, -0.2) is 25.1 Å². The predicted octanol–water partition coefficient (Wildman–Crippen LogP) is 2.77. The molecule has 0 saturated carbocycles. The lowest BCUT2D eigenvalue weighted by Gasteiger charge is -2.05. The third-order valence-corrected chi connectivity index (χ3v) is 4.00. The number of nitrogens with zero attached hydrogens (tertiary/aromatic N) is 1. The van der Waals surface area contributed by atoms with E-state index in [0.29, 0.717) is 21.4 Å². The minimum absolute atomic E-state index is 0.208. The van der Waals surface area contributed by atoms with E-state index in [1.165, 1.54) is 6.21 Å². The molecule has 0 saturated heterocycles. The van der Waals surface area contributed by atoms with Gasteiger partial charge in [0.2, 0.25) is 0 Å². The highest BCUT2D eigenvalue weighted by molar-refractivity contribution is 6.43. The predicted molar refractivity (Wildman–Crippen MR) is 97.0 cm³/mol. The second-order valence-electron chi connectivity index (χ2n) is 4.87. The molecule has 0 aromatic heterocycles. The highest BCUT2D eigenvalue weighted by Crippen LogP contribution is 2.24. The van der Waals surface area contributed by atoms with Gasteiger partial charge in [-0.05, 0) is 23.8 Å². The van der Waals surface area contributed by atoms with Crippen molar-refractivity contribution in [2.75, 3.05) is 7.11 Å². The van der Waals surface area contributed by atoms with E-state index < -0.39 is 11.8 Å². The quantitative estimate of drug-likeness (QED) is 0.476. The normalized spacial score (nSPS) is 10.5. The molecule has 2 N–H and O–H groups in total. The summed E-state index contributed by atoms with van der Waals surface area (Å²) in [6.45, 7) is 0.208. The highest BCUT2D eigenvalue weighted by atomic mass is 35.5. The molecule has 0 radical (unpaired) electrons. The van der Waals surface area contributed by atoms with Gasteiger partial charge in [-0.2, -0.15) is 5.10 Å². The van der Waals surface area contributed by atoms with Crippen LogP contribution in [0.2, 0.25) is 10.0 Å². The van der Waals surface area contributed by atoms with Gasteiger partial charge in [0.1, 0.15) is 5.75 Å². The minimum atomic E-state index is -0.886. The minimum Gasteiger partial charge on any atom is -0.497 e. The van der Waals surface area contributed by atoms with E-state index in [-0.39, 0.29) is 6.54 Å². The number of ether oxygens (including phenoxy) is 1. The van der Waals surface area contributed by atoms with Crippen LogP contribution in [0.25, 0.3) is 0 Å². The van der Waals surface area contributed by atoms with Crippen LogP contribution in [0.15, 0.2) is 47.6 Å². The van der Waals surface area contributed by atoms with Crippen molar-refractivity contribution in [3.63, 3.8) is 0 Å². The molecule has 2 rings (SSSR count). The van der Waals surface area contributed by atoms with E-state index in [0.717, 1.165) is 5.56 Å². The summed E-state index contributed by atoms with van der Waals surface area (Å²) in [6.07, 6.45) is 1.31. The first-order valence-electron chi connectivity index (χ1n) is 7.19. The van der Waals surface area contributed by atoms with Gasteiger partial charge in [-0.1, -0.05) is 47.5 Å². The highest BCUT2D eigenvalue weighted by Gasteiger charge is 2.12. The molecule has 0 spiro atoms. The van der Waals surface area contributed by atoms with Gasteiger partial charge in [0.25, 0.3) is 0 Å². The Morgan fingerprint density at radius 1 is 1.12 bits per heavy atom. The summed E-state index contributed by atoms with van der Waals surface area (Å²) in [7, 11) is 1.57. The summed E-state index contributed by atoms with van der Waals surface area (Å²) in [6, 6.07) is 12.1. The standard InChI is InChI=1S/C17H15Cl2N3O3/c1-25-13-7-5-11(6-8-13)9-20-16(23)17(24)22-21-10-12-3-2-4-14(18)15(12)19/h2-8,10H,9H2,1H3,(H,20,23)(H,22,24)/b21-10-. The number of benzene rings is 2. The lowest BCUT2D eigenvalue weighted by molar-refractivity contribution is -0.139. The number of methoxy groups -OCH3 is 1. The van der Waals surface area contributed by atoms with Gasteiger partial charge in [0.15, 0.2) is 0 Å². The molecule has 0 atom stereocenters. The molecule has 6 nitrogen and oxygen atoms in total. The van der Waals surface area contributed by atoms with Gasteiger partial charge in [-0.3, -0.25) is 9.59 Å². The molecule has 25 heavy (non-hydrogen) atoms. The zero-order chi connectivity index (χ0) is 18.2. The molecule has 2 amide bonds. The Morgan fingerprint density at radius 2 is 1.84 bits per heavy atom. The van der Waals surface area contributed by atoms with Crippen molar-refractivity contribution < 1.29 is 14.3 Å². The Bertz CT molecular complexity index is 792. The number of nitrogens with one attached hydrogen (secondary N) is 2. The van der Waals surface area contributed by atoms with Crippen molar-refractivity contribution in [1.82, 2.24) is 10.7 Å². The van der Waals surface area contributed by atoms with Crippen molar-refractivity contribution in [3.05, 3.63) is 63.6 Å². The molecule has 0 aliphatic heterocycles. The first-order chi connectivity index (χ1) is 12.0. The molecule has 2 aromatic rings. The van der Waals surface area contributed by atoms with Crippen LogP contribution in [0.5, 0.6) is 5.75 Å². The fraction of sp³-hybridized carbons (Fsp3) is 0.118. The second-order valence-corrected chi connectivity index (χ2v) is 5.66. The molecule has 0 aliphatic rings. The van der Waals surface area contributed by atoms with E-state index in [1.54, 1.807) is 49.6 Å². The Morgan fingerprint density at radius 3 is 2.52 bits per heavy atom. The summed E-state index contributed by atoms with van der Waals surface area (Å²) in [5.74, 6) is -0.977. The summed E-state index contributed by atoms with van der Waals surface area (Å²) in [4.78, 5) is 23.4. The van der Waals surface area contributed by atoms with Crippen LogP contribution in [0, 0.1) is 0 Å². The smallest absolute Gasteiger partial charge is 0.329 e. The van der Waals surface area contributed by atoms with Gasteiger partial charge in [-0.25, -0.2) is 5.43 Å². The molecule has 0 heterocycles. The SMILES string of the molecule is COc1ccc(CNC(=O)C(=O)N/N=C\c2cccc(Cl)c2Cl)cc1. The Labute approximate surface area is 154 Å². The number of rotatable bonds is 5. The van der Waals surface area contributed by atoms with Crippen LogP contribution >= 0.6 is 23.2 Å². The Hall–Kier alpha value is -2.57. The van der Waals surface area contributed by atoms with Gasteiger partial charge < -0.3 is 10.1 Å². The van der Waals surface area contributed by atoms with Crippen molar-refractivity contribution in [1.29, 1.82) is 0 Å². The third-order valence-electron chi connectivity index (χ3n) is 3.17. The van der Waals surface area contributed by atoms with Crippen LogP contribution in [0.1, 0.15) is 11.1 Å². The molecule has 130 valence electrons. The number of hydrazone groups is 1. The average molecular weight is 380 g/mol. The molecular formula is C17H15Cl2N3O3. The number of hydrogen-bond acceptors (Lipinski definition) is 4. The Kier molecular flexibility index (Phi) is 6.80. The molecule has 0 unspecified atom stereocenters. The van der Waals surface area contributed by atoms with Gasteiger partial charge in [0.05, 0.1) is 23.4 Å². The summed E-state index contributed by atoms with van der Waals surface area (Å²) in [5.41, 5.74) is 3.48. The van der Waals surface area contributed by atoms with Gasteiger partial charge in [-0.15, -0.1) is 0 Å². The van der Waals surface area contributed by atoms with Crippen LogP contribution in [-0.2, 0) is 16.1 Å². The summed E-state index contributed by atoms with van der Waals surface area (Å²) < 4.78 is 5.04. The van der Waals surface area contributed by atoms with Crippen LogP contribution in [0.3, 0.4) is 0 Å². The average Bonchev–Trinajstić information content (AvgIpc) is 2.63. The molecule has 0 aliphatic carbocycles. The number of amides is 2. The van der Waals surface area contributed by atoms with E-state index in [9.17, 15) is 9.59 Å². The van der Waals surface area contributed by atoms with Gasteiger partial charge in [0, 0.05) is 12.1 Å². The zero-order valence-electron chi connectivity index (χ0n) is 13.3. The van der Waals surface area contributed by atoms with Crippen molar-refractivity contribution in [3.8, 4) is 5.75 Å². The van der Waals surface area contributed by atoms with Crippen LogP contribution < -0.4 is 15.5 Å². The summed E-state index contributed by atoms with van der Waals surface area (Å²) >= 11 is 11.9. The molecule has 0 bridgehead atoms. The molecule has 2 aromatic carbocycles. The maximum Gasteiger partial charge on any atom is 0.329 e. The Balaban J connectivity index is 1.84. The number of carbonyl (C=O) groups excluding carboxylic acids is 2. The number of hydrogen-bond donors (Lipinski definition) is 2. The van der Waals surface area contributed by atoms with E-state index in [4.69, 9.17) is 27.9 Å². The van der Waals surface area contributed by atoms with Crippen molar-refractivity contribution in [2.45, 2.75) is 6.54 Å². The second kappa shape index (κ2) is 9.05. The first kappa shape index (κ1) is 18.8. The van der Waals surface area contributed by atoms with Crippen molar-refractivity contribution in [2.24, 2.45) is 5.10 Å². The van der Waals surface area contributed by atoms with E-state index >= 15 is 0 Å². The molecule has 8 heteroatoms. The maximum atomic E-state index is 11.7.